The Morgan fingerprint density at radius 2 is 1.63 bits per heavy atom. The van der Waals surface area contributed by atoms with E-state index in [0.29, 0.717) is 23.5 Å². The molecule has 2 aromatic rings. The fraction of sp³-hybridized carbons (Fsp3) is 0.318. The van der Waals surface area contributed by atoms with Crippen LogP contribution >= 0.6 is 0 Å². The molecule has 0 spiro atoms. The SMILES string of the molecule is COc1cc(C(C)=O)ccc1OCCCC(=O)NNC(=O)CNc1ccc(C)cc1. The fourth-order valence-corrected chi connectivity index (χ4v) is 2.52. The number of ketones is 1. The van der Waals surface area contributed by atoms with Gasteiger partial charge in [0.05, 0.1) is 20.3 Å². The molecule has 8 nitrogen and oxygen atoms in total. The van der Waals surface area contributed by atoms with E-state index in [4.69, 9.17) is 9.47 Å². The van der Waals surface area contributed by atoms with Gasteiger partial charge >= 0.3 is 0 Å². The summed E-state index contributed by atoms with van der Waals surface area (Å²) in [6.07, 6.45) is 0.625. The Balaban J connectivity index is 1.64. The lowest BCUT2D eigenvalue weighted by Crippen LogP contribution is -2.44. The van der Waals surface area contributed by atoms with Crippen molar-refractivity contribution < 1.29 is 23.9 Å². The molecule has 160 valence electrons. The summed E-state index contributed by atoms with van der Waals surface area (Å²) in [5.74, 6) is 0.225. The molecule has 0 aliphatic carbocycles. The molecular formula is C22H27N3O5. The zero-order valence-corrected chi connectivity index (χ0v) is 17.4. The first-order valence-corrected chi connectivity index (χ1v) is 9.59. The molecule has 0 fully saturated rings. The van der Waals surface area contributed by atoms with Gasteiger partial charge in [0.25, 0.3) is 5.91 Å². The number of nitrogens with one attached hydrogen (secondary N) is 3. The molecule has 2 amide bonds. The summed E-state index contributed by atoms with van der Waals surface area (Å²) >= 11 is 0. The molecule has 2 rings (SSSR count). The van der Waals surface area contributed by atoms with E-state index in [-0.39, 0.29) is 37.2 Å². The quantitative estimate of drug-likeness (QED) is 0.314. The zero-order chi connectivity index (χ0) is 21.9. The molecule has 3 N–H and O–H groups in total. The molecule has 30 heavy (non-hydrogen) atoms. The van der Waals surface area contributed by atoms with Crippen molar-refractivity contribution in [1.82, 2.24) is 10.9 Å². The Labute approximate surface area is 175 Å². The van der Waals surface area contributed by atoms with E-state index < -0.39 is 0 Å². The van der Waals surface area contributed by atoms with Crippen molar-refractivity contribution in [2.24, 2.45) is 0 Å². The van der Waals surface area contributed by atoms with Gasteiger partial charge in [-0.2, -0.15) is 0 Å². The molecule has 0 atom stereocenters. The van der Waals surface area contributed by atoms with Crippen LogP contribution in [0.2, 0.25) is 0 Å². The summed E-state index contributed by atoms with van der Waals surface area (Å²) in [5, 5.41) is 2.97. The highest BCUT2D eigenvalue weighted by atomic mass is 16.5. The van der Waals surface area contributed by atoms with Gasteiger partial charge in [0.15, 0.2) is 17.3 Å². The van der Waals surface area contributed by atoms with Gasteiger partial charge in [-0.15, -0.1) is 0 Å². The van der Waals surface area contributed by atoms with E-state index >= 15 is 0 Å². The Hall–Kier alpha value is -3.55. The Morgan fingerprint density at radius 1 is 0.933 bits per heavy atom. The molecule has 0 radical (unpaired) electrons. The summed E-state index contributed by atoms with van der Waals surface area (Å²) < 4.78 is 10.9. The van der Waals surface area contributed by atoms with E-state index in [1.807, 2.05) is 31.2 Å². The fourth-order valence-electron chi connectivity index (χ4n) is 2.52. The normalized spacial score (nSPS) is 10.1. The zero-order valence-electron chi connectivity index (χ0n) is 17.4. The summed E-state index contributed by atoms with van der Waals surface area (Å²) in [6.45, 7) is 3.79. The van der Waals surface area contributed by atoms with Crippen LogP contribution in [0, 0.1) is 6.92 Å². The second kappa shape index (κ2) is 11.5. The van der Waals surface area contributed by atoms with Gasteiger partial charge in [0.2, 0.25) is 5.91 Å². The predicted octanol–water partition coefficient (Wildman–Crippen LogP) is 2.62. The number of carbonyl (C=O) groups excluding carboxylic acids is 3. The van der Waals surface area contributed by atoms with Crippen molar-refractivity contribution in [3.8, 4) is 11.5 Å². The number of anilines is 1. The number of methoxy groups -OCH3 is 1. The maximum Gasteiger partial charge on any atom is 0.257 e. The number of ether oxygens (including phenoxy) is 2. The molecule has 2 aromatic carbocycles. The van der Waals surface area contributed by atoms with Gasteiger partial charge in [-0.05, 0) is 50.6 Å². The van der Waals surface area contributed by atoms with E-state index in [0.717, 1.165) is 11.3 Å². The predicted molar refractivity (Wildman–Crippen MR) is 114 cm³/mol. The number of hydrogen-bond acceptors (Lipinski definition) is 6. The molecule has 8 heteroatoms. The maximum absolute atomic E-state index is 11.8. The second-order valence-corrected chi connectivity index (χ2v) is 6.69. The number of amides is 2. The molecule has 0 aromatic heterocycles. The third kappa shape index (κ3) is 7.46. The summed E-state index contributed by atoms with van der Waals surface area (Å²) in [6, 6.07) is 12.6. The highest BCUT2D eigenvalue weighted by molar-refractivity contribution is 5.94. The number of hydrazine groups is 1. The third-order valence-corrected chi connectivity index (χ3v) is 4.22. The van der Waals surface area contributed by atoms with Crippen molar-refractivity contribution in [1.29, 1.82) is 0 Å². The van der Waals surface area contributed by atoms with Crippen LogP contribution in [0.15, 0.2) is 42.5 Å². The van der Waals surface area contributed by atoms with Gasteiger partial charge in [0.1, 0.15) is 0 Å². The Bertz CT molecular complexity index is 881. The van der Waals surface area contributed by atoms with Crippen LogP contribution in [0.1, 0.15) is 35.7 Å². The Kier molecular flexibility index (Phi) is 8.68. The van der Waals surface area contributed by atoms with Gasteiger partial charge in [-0.25, -0.2) is 0 Å². The first kappa shape index (κ1) is 22.7. The van der Waals surface area contributed by atoms with Gasteiger partial charge in [-0.3, -0.25) is 25.2 Å². The first-order chi connectivity index (χ1) is 14.4. The minimum absolute atomic E-state index is 0.0442. The highest BCUT2D eigenvalue weighted by Crippen LogP contribution is 2.28. The molecule has 0 unspecified atom stereocenters. The molecule has 0 aliphatic rings. The lowest BCUT2D eigenvalue weighted by molar-refractivity contribution is -0.128. The topological polar surface area (TPSA) is 106 Å². The van der Waals surface area contributed by atoms with E-state index in [9.17, 15) is 14.4 Å². The van der Waals surface area contributed by atoms with Crippen molar-refractivity contribution in [3.05, 3.63) is 53.6 Å². The van der Waals surface area contributed by atoms with Gasteiger partial charge in [-0.1, -0.05) is 17.7 Å². The van der Waals surface area contributed by atoms with Crippen molar-refractivity contribution in [2.75, 3.05) is 25.6 Å². The largest absolute Gasteiger partial charge is 0.493 e. The molecule has 0 saturated carbocycles. The maximum atomic E-state index is 11.8. The van der Waals surface area contributed by atoms with E-state index in [1.165, 1.54) is 14.0 Å². The standard InChI is InChI=1S/C22H27N3O5/c1-15-6-9-18(10-7-15)23-14-22(28)25-24-21(27)5-4-12-30-19-11-8-17(16(2)26)13-20(19)29-3/h6-11,13,23H,4-5,12,14H2,1-3H3,(H,24,27)(H,25,28). The van der Waals surface area contributed by atoms with Crippen LogP contribution in [0.5, 0.6) is 11.5 Å². The monoisotopic (exact) mass is 413 g/mol. The van der Waals surface area contributed by atoms with Crippen LogP contribution < -0.4 is 25.6 Å². The smallest absolute Gasteiger partial charge is 0.257 e. The van der Waals surface area contributed by atoms with Crippen LogP contribution in [-0.2, 0) is 9.59 Å². The van der Waals surface area contributed by atoms with Gasteiger partial charge in [0, 0.05) is 17.7 Å². The van der Waals surface area contributed by atoms with Crippen molar-refractivity contribution >= 4 is 23.3 Å². The van der Waals surface area contributed by atoms with Crippen LogP contribution in [0.3, 0.4) is 0 Å². The first-order valence-electron chi connectivity index (χ1n) is 9.59. The van der Waals surface area contributed by atoms with Gasteiger partial charge < -0.3 is 14.8 Å². The lowest BCUT2D eigenvalue weighted by atomic mass is 10.1. The Morgan fingerprint density at radius 3 is 2.30 bits per heavy atom. The molecular weight excluding hydrogens is 386 g/mol. The number of Topliss-reactive ketones (excluding diaryl/α,β-unsaturated/α-hetero) is 1. The minimum atomic E-state index is -0.351. The molecule has 0 heterocycles. The average Bonchev–Trinajstić information content (AvgIpc) is 2.74. The van der Waals surface area contributed by atoms with Crippen LogP contribution in [0.4, 0.5) is 5.69 Å². The van der Waals surface area contributed by atoms with E-state index in [1.54, 1.807) is 18.2 Å². The molecule has 0 bridgehead atoms. The minimum Gasteiger partial charge on any atom is -0.493 e. The van der Waals surface area contributed by atoms with Crippen LogP contribution in [-0.4, -0.2) is 37.9 Å². The highest BCUT2D eigenvalue weighted by Gasteiger charge is 2.09. The summed E-state index contributed by atoms with van der Waals surface area (Å²) in [4.78, 5) is 35.1. The number of carbonyl (C=O) groups is 3. The average molecular weight is 413 g/mol. The summed E-state index contributed by atoms with van der Waals surface area (Å²) in [7, 11) is 1.50. The van der Waals surface area contributed by atoms with E-state index in [2.05, 4.69) is 16.2 Å². The number of hydrogen-bond donors (Lipinski definition) is 3. The third-order valence-electron chi connectivity index (χ3n) is 4.22. The molecule has 0 aliphatic heterocycles. The lowest BCUT2D eigenvalue weighted by Gasteiger charge is -2.12. The number of rotatable bonds is 10. The van der Waals surface area contributed by atoms with Crippen molar-refractivity contribution in [3.63, 3.8) is 0 Å². The van der Waals surface area contributed by atoms with Crippen molar-refractivity contribution in [2.45, 2.75) is 26.7 Å². The number of benzene rings is 2. The van der Waals surface area contributed by atoms with Crippen LogP contribution in [0.25, 0.3) is 0 Å². The second-order valence-electron chi connectivity index (χ2n) is 6.69. The molecule has 0 saturated heterocycles. The number of aryl methyl sites for hydroxylation is 1. The summed E-state index contributed by atoms with van der Waals surface area (Å²) in [5.41, 5.74) is 7.23.